The maximum absolute atomic E-state index is 13.0. The number of rotatable bonds is 7. The van der Waals surface area contributed by atoms with E-state index in [2.05, 4.69) is 10.1 Å². The minimum Gasteiger partial charge on any atom is -0.504 e. The molecule has 1 aliphatic rings. The Hall–Kier alpha value is -3.52. The zero-order valence-corrected chi connectivity index (χ0v) is 18.9. The molecule has 0 unspecified atom stereocenters. The first-order valence-electron chi connectivity index (χ1n) is 10.1. The summed E-state index contributed by atoms with van der Waals surface area (Å²) in [6.07, 6.45) is 5.08. The van der Waals surface area contributed by atoms with Crippen LogP contribution in [0, 0.1) is 6.92 Å². The van der Waals surface area contributed by atoms with Gasteiger partial charge in [-0.15, -0.1) is 5.10 Å². The number of methoxy groups -OCH3 is 2. The van der Waals surface area contributed by atoms with Gasteiger partial charge >= 0.3 is 6.03 Å². The molecule has 0 saturated carbocycles. The van der Waals surface area contributed by atoms with Crippen molar-refractivity contribution in [2.75, 3.05) is 32.2 Å². The molecule has 0 radical (unpaired) electrons. The summed E-state index contributed by atoms with van der Waals surface area (Å²) in [5.41, 5.74) is 3.24. The lowest BCUT2D eigenvalue weighted by atomic mass is 10.2. The van der Waals surface area contributed by atoms with Crippen molar-refractivity contribution in [3.8, 4) is 11.4 Å². The molecule has 0 bridgehead atoms. The highest BCUT2D eigenvalue weighted by Crippen LogP contribution is 2.27. The second-order valence-electron chi connectivity index (χ2n) is 7.35. The maximum atomic E-state index is 13.0. The predicted octanol–water partition coefficient (Wildman–Crippen LogP) is 4.30. The summed E-state index contributed by atoms with van der Waals surface area (Å²) < 4.78 is 11.9. The van der Waals surface area contributed by atoms with Gasteiger partial charge in [0.05, 0.1) is 26.2 Å². The average molecular weight is 454 g/mol. The van der Waals surface area contributed by atoms with Crippen LogP contribution in [0.2, 0.25) is 5.15 Å². The van der Waals surface area contributed by atoms with E-state index in [-0.39, 0.29) is 6.03 Å². The first kappa shape index (κ1) is 21.7. The summed E-state index contributed by atoms with van der Waals surface area (Å²) in [4.78, 5) is 20.8. The number of halogens is 1. The monoisotopic (exact) mass is 453 g/mol. The van der Waals surface area contributed by atoms with E-state index in [1.54, 1.807) is 34.8 Å². The van der Waals surface area contributed by atoms with Crippen molar-refractivity contribution in [3.05, 3.63) is 70.8 Å². The molecule has 9 heteroatoms. The summed E-state index contributed by atoms with van der Waals surface area (Å²) >= 11 is 6.35. The molecule has 8 nitrogen and oxygen atoms in total. The average Bonchev–Trinajstić information content (AvgIpc) is 3.40. The topological polar surface area (TPSA) is 72.7 Å². The highest BCUT2D eigenvalue weighted by molar-refractivity contribution is 6.31. The molecule has 4 rings (SSSR count). The number of amides is 2. The maximum Gasteiger partial charge on any atom is 0.326 e. The molecule has 1 aliphatic heterocycles. The number of benzene rings is 1. The molecule has 3 heterocycles. The molecule has 3 aromatic rings. The van der Waals surface area contributed by atoms with Crippen LogP contribution in [-0.2, 0) is 11.3 Å². The Kier molecular flexibility index (Phi) is 6.32. The highest BCUT2D eigenvalue weighted by Gasteiger charge is 2.31. The van der Waals surface area contributed by atoms with Crippen molar-refractivity contribution < 1.29 is 14.3 Å². The largest absolute Gasteiger partial charge is 0.504 e. The van der Waals surface area contributed by atoms with Gasteiger partial charge in [0, 0.05) is 43.2 Å². The predicted molar refractivity (Wildman–Crippen MR) is 123 cm³/mol. The standard InChI is InChI=1S/C23H24ClN5O3/c1-16-14-20(19(9-13-31-2)22(24)25-16)29-10-8-21(26-29)28-12-11-27(23(28)30)15-17-4-6-18(32-3)7-5-17/h4-10,13-14H,11-12,15H2,1-3H3. The van der Waals surface area contributed by atoms with Crippen molar-refractivity contribution in [2.45, 2.75) is 13.5 Å². The van der Waals surface area contributed by atoms with Crippen LogP contribution in [0.5, 0.6) is 5.75 Å². The van der Waals surface area contributed by atoms with Crippen LogP contribution < -0.4 is 9.64 Å². The van der Waals surface area contributed by atoms with Gasteiger partial charge in [-0.2, -0.15) is 0 Å². The molecular weight excluding hydrogens is 430 g/mol. The number of carbonyl (C=O) groups is 1. The number of hydrogen-bond donors (Lipinski definition) is 0. The van der Waals surface area contributed by atoms with Crippen LogP contribution in [0.3, 0.4) is 0 Å². The Morgan fingerprint density at radius 2 is 1.94 bits per heavy atom. The first-order chi connectivity index (χ1) is 15.5. The molecule has 1 fully saturated rings. The normalized spacial score (nSPS) is 13.9. The SMILES string of the molecule is COC=Cc1c(-n2ccc(N3CCN(Cc4ccc(OC)cc4)C3=O)n2)cc(C)nc1Cl. The summed E-state index contributed by atoms with van der Waals surface area (Å²) in [6.45, 7) is 3.59. The van der Waals surface area contributed by atoms with E-state index in [1.165, 1.54) is 6.26 Å². The van der Waals surface area contributed by atoms with Gasteiger partial charge in [0.2, 0.25) is 0 Å². The van der Waals surface area contributed by atoms with E-state index < -0.39 is 0 Å². The molecule has 2 amide bonds. The Labute approximate surface area is 191 Å². The van der Waals surface area contributed by atoms with E-state index in [0.29, 0.717) is 36.2 Å². The minimum absolute atomic E-state index is 0.0745. The van der Waals surface area contributed by atoms with Crippen molar-refractivity contribution >= 4 is 29.5 Å². The quantitative estimate of drug-likeness (QED) is 0.394. The molecule has 1 saturated heterocycles. The van der Waals surface area contributed by atoms with Gasteiger partial charge in [0.1, 0.15) is 10.9 Å². The van der Waals surface area contributed by atoms with Crippen LogP contribution >= 0.6 is 11.6 Å². The van der Waals surface area contributed by atoms with Crippen LogP contribution in [0.25, 0.3) is 11.8 Å². The molecule has 32 heavy (non-hydrogen) atoms. The number of pyridine rings is 1. The molecule has 166 valence electrons. The third kappa shape index (κ3) is 4.40. The van der Waals surface area contributed by atoms with Crippen molar-refractivity contribution in [3.63, 3.8) is 0 Å². The number of anilines is 1. The number of aromatic nitrogens is 3. The van der Waals surface area contributed by atoms with E-state index >= 15 is 0 Å². The lowest BCUT2D eigenvalue weighted by molar-refractivity contribution is 0.218. The van der Waals surface area contributed by atoms with E-state index in [0.717, 1.165) is 22.7 Å². The second kappa shape index (κ2) is 9.32. The lowest BCUT2D eigenvalue weighted by Crippen LogP contribution is -2.31. The van der Waals surface area contributed by atoms with E-state index in [1.807, 2.05) is 49.5 Å². The fourth-order valence-corrected chi connectivity index (χ4v) is 3.89. The van der Waals surface area contributed by atoms with Gasteiger partial charge in [-0.25, -0.2) is 14.5 Å². The van der Waals surface area contributed by atoms with Crippen molar-refractivity contribution in [2.24, 2.45) is 0 Å². The van der Waals surface area contributed by atoms with Gasteiger partial charge in [-0.1, -0.05) is 23.7 Å². The molecule has 1 aromatic carbocycles. The number of carbonyl (C=O) groups excluding carboxylic acids is 1. The summed E-state index contributed by atoms with van der Waals surface area (Å²) in [6, 6.07) is 11.4. The number of ether oxygens (including phenoxy) is 2. The van der Waals surface area contributed by atoms with Crippen LogP contribution in [-0.4, -0.2) is 53.0 Å². The smallest absolute Gasteiger partial charge is 0.326 e. The summed E-state index contributed by atoms with van der Waals surface area (Å²) in [5.74, 6) is 1.37. The summed E-state index contributed by atoms with van der Waals surface area (Å²) in [7, 11) is 3.20. The van der Waals surface area contributed by atoms with E-state index in [4.69, 9.17) is 21.1 Å². The van der Waals surface area contributed by atoms with Gasteiger partial charge < -0.3 is 14.4 Å². The second-order valence-corrected chi connectivity index (χ2v) is 7.71. The molecule has 0 N–H and O–H groups in total. The minimum atomic E-state index is -0.0745. The third-order valence-corrected chi connectivity index (χ3v) is 5.50. The van der Waals surface area contributed by atoms with Crippen molar-refractivity contribution in [1.82, 2.24) is 19.7 Å². The Morgan fingerprint density at radius 3 is 2.66 bits per heavy atom. The van der Waals surface area contributed by atoms with Gasteiger partial charge in [-0.3, -0.25) is 4.90 Å². The molecule has 0 atom stereocenters. The highest BCUT2D eigenvalue weighted by atomic mass is 35.5. The third-order valence-electron chi connectivity index (χ3n) is 5.21. The van der Waals surface area contributed by atoms with E-state index in [9.17, 15) is 4.79 Å². The van der Waals surface area contributed by atoms with Gasteiger partial charge in [-0.05, 0) is 36.8 Å². The molecular formula is C23H24ClN5O3. The Bertz CT molecular complexity index is 1140. The number of aryl methyl sites for hydroxylation is 1. The van der Waals surface area contributed by atoms with Crippen LogP contribution in [0.1, 0.15) is 16.8 Å². The fourth-order valence-electron chi connectivity index (χ4n) is 3.59. The van der Waals surface area contributed by atoms with Crippen LogP contribution in [0.15, 0.2) is 48.9 Å². The van der Waals surface area contributed by atoms with Gasteiger partial charge in [0.15, 0.2) is 5.82 Å². The molecule has 0 aliphatic carbocycles. The van der Waals surface area contributed by atoms with Crippen LogP contribution in [0.4, 0.5) is 10.6 Å². The Balaban J connectivity index is 1.54. The van der Waals surface area contributed by atoms with Gasteiger partial charge in [0.25, 0.3) is 0 Å². The number of nitrogens with zero attached hydrogens (tertiary/aromatic N) is 5. The number of hydrogen-bond acceptors (Lipinski definition) is 5. The zero-order valence-electron chi connectivity index (χ0n) is 18.2. The first-order valence-corrected chi connectivity index (χ1v) is 10.5. The zero-order chi connectivity index (χ0) is 22.7. The molecule has 0 spiro atoms. The summed E-state index contributed by atoms with van der Waals surface area (Å²) in [5, 5.41) is 5.00. The Morgan fingerprint density at radius 1 is 1.16 bits per heavy atom. The molecule has 2 aromatic heterocycles. The number of urea groups is 1. The fraction of sp³-hybridized carbons (Fsp3) is 0.261. The van der Waals surface area contributed by atoms with Crippen molar-refractivity contribution in [1.29, 1.82) is 0 Å². The lowest BCUT2D eigenvalue weighted by Gasteiger charge is -2.17.